The van der Waals surface area contributed by atoms with Crippen molar-refractivity contribution in [2.24, 2.45) is 0 Å². The maximum Gasteiger partial charge on any atom is 0.151 e. The molecule has 0 saturated heterocycles. The molecule has 1 aliphatic carbocycles. The highest BCUT2D eigenvalue weighted by Crippen LogP contribution is 2.37. The van der Waals surface area contributed by atoms with E-state index in [2.05, 4.69) is 25.5 Å². The zero-order valence-corrected chi connectivity index (χ0v) is 9.57. The van der Waals surface area contributed by atoms with Crippen molar-refractivity contribution >= 4 is 33.2 Å². The fourth-order valence-corrected chi connectivity index (χ4v) is 2.22. The van der Waals surface area contributed by atoms with Gasteiger partial charge in [-0.2, -0.15) is 0 Å². The van der Waals surface area contributed by atoms with Gasteiger partial charge >= 0.3 is 0 Å². The summed E-state index contributed by atoms with van der Waals surface area (Å²) in [5.74, 6) is 0. The Bertz CT molecular complexity index is 543. The molecule has 1 fully saturated rings. The van der Waals surface area contributed by atoms with E-state index in [-0.39, 0.29) is 0 Å². The molecule has 3 rings (SSSR count). The van der Waals surface area contributed by atoms with Gasteiger partial charge in [-0.1, -0.05) is 0 Å². The van der Waals surface area contributed by atoms with Crippen molar-refractivity contribution in [2.45, 2.75) is 18.9 Å². The second-order valence-corrected chi connectivity index (χ2v) is 4.72. The monoisotopic (exact) mass is 264 g/mol. The number of benzene rings is 1. The molecule has 2 aromatic rings. The molecule has 0 N–H and O–H groups in total. The van der Waals surface area contributed by atoms with E-state index in [4.69, 9.17) is 0 Å². The molecule has 4 heteroatoms. The summed E-state index contributed by atoms with van der Waals surface area (Å²) in [6, 6.07) is 4.42. The fraction of sp³-hybridized carbons (Fsp3) is 0.273. The molecule has 0 unspecified atom stereocenters. The van der Waals surface area contributed by atoms with Crippen LogP contribution in [0.4, 0.5) is 0 Å². The molecule has 3 nitrogen and oxygen atoms in total. The summed E-state index contributed by atoms with van der Waals surface area (Å²) in [5, 5.41) is 0. The summed E-state index contributed by atoms with van der Waals surface area (Å²) >= 11 is 3.39. The number of aromatic nitrogens is 2. The molecular weight excluding hydrogens is 256 g/mol. The maximum atomic E-state index is 10.8. The van der Waals surface area contributed by atoms with E-state index in [1.165, 1.54) is 12.8 Å². The number of hydrogen-bond donors (Lipinski definition) is 0. The molecule has 1 saturated carbocycles. The lowest BCUT2D eigenvalue weighted by atomic mass is 10.2. The fourth-order valence-electron chi connectivity index (χ4n) is 1.80. The van der Waals surface area contributed by atoms with Crippen molar-refractivity contribution in [2.75, 3.05) is 0 Å². The molecule has 1 heterocycles. The molecule has 1 aromatic carbocycles. The van der Waals surface area contributed by atoms with Gasteiger partial charge in [0, 0.05) is 16.1 Å². The molecule has 76 valence electrons. The number of imidazole rings is 1. The molecular formula is C11H9BrN2O. The predicted octanol–water partition coefficient (Wildman–Crippen LogP) is 2.95. The number of halogens is 1. The van der Waals surface area contributed by atoms with Gasteiger partial charge in [0.05, 0.1) is 17.4 Å². The Balaban J connectivity index is 2.26. The van der Waals surface area contributed by atoms with E-state index in [1.807, 2.05) is 18.5 Å². The average Bonchev–Trinajstić information content (AvgIpc) is 2.99. The van der Waals surface area contributed by atoms with Crippen LogP contribution >= 0.6 is 15.9 Å². The van der Waals surface area contributed by atoms with Gasteiger partial charge in [-0.25, -0.2) is 4.98 Å². The highest BCUT2D eigenvalue weighted by molar-refractivity contribution is 9.10. The third kappa shape index (κ3) is 1.40. The smallest absolute Gasteiger partial charge is 0.151 e. The second kappa shape index (κ2) is 3.17. The third-order valence-electron chi connectivity index (χ3n) is 2.76. The van der Waals surface area contributed by atoms with Crippen LogP contribution in [-0.2, 0) is 0 Å². The molecule has 1 aromatic heterocycles. The zero-order valence-electron chi connectivity index (χ0n) is 7.98. The summed E-state index contributed by atoms with van der Waals surface area (Å²) < 4.78 is 3.03. The van der Waals surface area contributed by atoms with Crippen LogP contribution in [0.2, 0.25) is 0 Å². The lowest BCUT2D eigenvalue weighted by molar-refractivity contribution is 0.112. The highest BCUT2D eigenvalue weighted by Gasteiger charge is 2.25. The van der Waals surface area contributed by atoms with E-state index >= 15 is 0 Å². The van der Waals surface area contributed by atoms with Gasteiger partial charge < -0.3 is 4.57 Å². The van der Waals surface area contributed by atoms with Gasteiger partial charge in [0.1, 0.15) is 0 Å². The number of carbonyl (C=O) groups is 1. The standard InChI is InChI=1S/C11H9BrN2O/c12-9-4-11-10(3-7(9)5-15)13-6-14(11)8-1-2-8/h3-6,8H,1-2H2. The Morgan fingerprint density at radius 1 is 1.47 bits per heavy atom. The molecule has 15 heavy (non-hydrogen) atoms. The van der Waals surface area contributed by atoms with Crippen molar-refractivity contribution < 1.29 is 4.79 Å². The quantitative estimate of drug-likeness (QED) is 0.782. The van der Waals surface area contributed by atoms with Crippen LogP contribution in [-0.4, -0.2) is 15.8 Å². The van der Waals surface area contributed by atoms with Gasteiger partial charge in [0.25, 0.3) is 0 Å². The van der Waals surface area contributed by atoms with E-state index in [0.717, 1.165) is 21.8 Å². The minimum atomic E-state index is 0.615. The SMILES string of the molecule is O=Cc1cc2ncn(C3CC3)c2cc1Br. The molecule has 0 bridgehead atoms. The normalized spacial score (nSPS) is 15.8. The van der Waals surface area contributed by atoms with Crippen LogP contribution in [0.5, 0.6) is 0 Å². The topological polar surface area (TPSA) is 34.9 Å². The Morgan fingerprint density at radius 3 is 2.93 bits per heavy atom. The van der Waals surface area contributed by atoms with Gasteiger partial charge in [-0.05, 0) is 40.9 Å². The van der Waals surface area contributed by atoms with Crippen LogP contribution < -0.4 is 0 Å². The molecule has 0 atom stereocenters. The Morgan fingerprint density at radius 2 is 2.27 bits per heavy atom. The van der Waals surface area contributed by atoms with Gasteiger partial charge in [0.2, 0.25) is 0 Å². The number of hydrogen-bond acceptors (Lipinski definition) is 2. The maximum absolute atomic E-state index is 10.8. The first-order valence-corrected chi connectivity index (χ1v) is 5.70. The first kappa shape index (κ1) is 9.09. The number of rotatable bonds is 2. The number of carbonyl (C=O) groups excluding carboxylic acids is 1. The van der Waals surface area contributed by atoms with E-state index in [9.17, 15) is 4.79 Å². The Kier molecular flexibility index (Phi) is 1.92. The molecule has 1 aliphatic rings. The predicted molar refractivity (Wildman–Crippen MR) is 61.1 cm³/mol. The minimum Gasteiger partial charge on any atom is -0.327 e. The van der Waals surface area contributed by atoms with Crippen molar-refractivity contribution in [1.82, 2.24) is 9.55 Å². The van der Waals surface area contributed by atoms with Crippen molar-refractivity contribution in [3.63, 3.8) is 0 Å². The molecule has 0 amide bonds. The summed E-state index contributed by atoms with van der Waals surface area (Å²) in [4.78, 5) is 15.1. The molecule has 0 radical (unpaired) electrons. The first-order chi connectivity index (χ1) is 7.29. The zero-order chi connectivity index (χ0) is 10.4. The lowest BCUT2D eigenvalue weighted by Crippen LogP contribution is -1.91. The lowest BCUT2D eigenvalue weighted by Gasteiger charge is -2.02. The van der Waals surface area contributed by atoms with Crippen molar-refractivity contribution in [1.29, 1.82) is 0 Å². The van der Waals surface area contributed by atoms with Gasteiger partial charge in [-0.15, -0.1) is 0 Å². The molecule has 0 spiro atoms. The van der Waals surface area contributed by atoms with Crippen molar-refractivity contribution in [3.05, 3.63) is 28.5 Å². The van der Waals surface area contributed by atoms with Crippen LogP contribution in [0, 0.1) is 0 Å². The van der Waals surface area contributed by atoms with Gasteiger partial charge in [-0.3, -0.25) is 4.79 Å². The third-order valence-corrected chi connectivity index (χ3v) is 3.45. The summed E-state index contributed by atoms with van der Waals surface area (Å²) in [5.41, 5.74) is 2.66. The average molecular weight is 265 g/mol. The number of aldehydes is 1. The van der Waals surface area contributed by atoms with Crippen LogP contribution in [0.1, 0.15) is 29.2 Å². The van der Waals surface area contributed by atoms with Crippen molar-refractivity contribution in [3.8, 4) is 0 Å². The van der Waals surface area contributed by atoms with E-state index in [1.54, 1.807) is 0 Å². The number of nitrogens with zero attached hydrogens (tertiary/aromatic N) is 2. The largest absolute Gasteiger partial charge is 0.327 e. The Labute approximate surface area is 95.2 Å². The summed E-state index contributed by atoms with van der Waals surface area (Å²) in [7, 11) is 0. The van der Waals surface area contributed by atoms with E-state index in [0.29, 0.717) is 11.6 Å². The highest BCUT2D eigenvalue weighted by atomic mass is 79.9. The summed E-state index contributed by atoms with van der Waals surface area (Å²) in [6.45, 7) is 0. The van der Waals surface area contributed by atoms with E-state index < -0.39 is 0 Å². The molecule has 0 aliphatic heterocycles. The van der Waals surface area contributed by atoms with Crippen LogP contribution in [0.15, 0.2) is 22.9 Å². The number of fused-ring (bicyclic) bond motifs is 1. The summed E-state index contributed by atoms with van der Waals surface area (Å²) in [6.07, 6.45) is 5.18. The Hall–Kier alpha value is -1.16. The first-order valence-electron chi connectivity index (χ1n) is 4.91. The minimum absolute atomic E-state index is 0.615. The van der Waals surface area contributed by atoms with Crippen LogP contribution in [0.25, 0.3) is 11.0 Å². The van der Waals surface area contributed by atoms with Crippen LogP contribution in [0.3, 0.4) is 0 Å². The van der Waals surface area contributed by atoms with Gasteiger partial charge in [0.15, 0.2) is 6.29 Å². The second-order valence-electron chi connectivity index (χ2n) is 3.86.